The summed E-state index contributed by atoms with van der Waals surface area (Å²) in [5.74, 6) is -2.55. The molecule has 2 unspecified atom stereocenters. The Morgan fingerprint density at radius 1 is 1.21 bits per heavy atom. The Bertz CT molecular complexity index is 1540. The molecule has 3 atom stereocenters. The van der Waals surface area contributed by atoms with Crippen LogP contribution < -0.4 is 10.1 Å². The minimum Gasteiger partial charge on any atom is -0.496 e. The zero-order valence-corrected chi connectivity index (χ0v) is 25.9. The van der Waals surface area contributed by atoms with Crippen molar-refractivity contribution < 1.29 is 28.2 Å². The first kappa shape index (κ1) is 33.8. The highest BCUT2D eigenvalue weighted by Crippen LogP contribution is 2.53. The summed E-state index contributed by atoms with van der Waals surface area (Å²) in [6, 6.07) is 15.5. The van der Waals surface area contributed by atoms with E-state index in [1.165, 1.54) is 37.4 Å². The molecular formula is C32H33Cl2F2N3O4. The Kier molecular flexibility index (Phi) is 10.8. The molecule has 4 rings (SSSR count). The zero-order chi connectivity index (χ0) is 32.1. The lowest BCUT2D eigenvalue weighted by Gasteiger charge is -2.38. The van der Waals surface area contributed by atoms with Gasteiger partial charge < -0.3 is 20.1 Å². The van der Waals surface area contributed by atoms with Gasteiger partial charge in [0.05, 0.1) is 18.2 Å². The Labute approximate surface area is 260 Å². The summed E-state index contributed by atoms with van der Waals surface area (Å²) in [6.07, 6.45) is 1.15. The van der Waals surface area contributed by atoms with Gasteiger partial charge in [0.15, 0.2) is 0 Å². The van der Waals surface area contributed by atoms with E-state index in [4.69, 9.17) is 33.0 Å². The smallest absolute Gasteiger partial charge is 0.339 e. The van der Waals surface area contributed by atoms with Gasteiger partial charge in [-0.25, -0.2) is 13.6 Å². The van der Waals surface area contributed by atoms with Gasteiger partial charge in [0.1, 0.15) is 28.4 Å². The number of likely N-dealkylation sites (tertiary alicyclic amines) is 1. The number of rotatable bonds is 7. The maximum atomic E-state index is 15.2. The number of nitrogens with one attached hydrogen (secondary N) is 1. The van der Waals surface area contributed by atoms with Crippen molar-refractivity contribution in [2.24, 2.45) is 5.41 Å². The lowest BCUT2D eigenvalue weighted by atomic mass is 9.64. The van der Waals surface area contributed by atoms with Gasteiger partial charge in [0.2, 0.25) is 6.41 Å². The van der Waals surface area contributed by atoms with Gasteiger partial charge in [0, 0.05) is 40.8 Å². The number of aromatic carboxylic acids is 1. The first-order chi connectivity index (χ1) is 20.2. The molecule has 43 heavy (non-hydrogen) atoms. The molecular weight excluding hydrogens is 599 g/mol. The number of nitrogens with zero attached hydrogens (tertiary/aromatic N) is 2. The van der Waals surface area contributed by atoms with E-state index in [1.807, 2.05) is 11.9 Å². The average molecular weight is 633 g/mol. The number of hydrogen-bond acceptors (Lipinski definition) is 5. The second kappa shape index (κ2) is 13.7. The molecule has 7 nitrogen and oxygen atoms in total. The van der Waals surface area contributed by atoms with Crippen molar-refractivity contribution in [3.8, 4) is 11.8 Å². The Balaban J connectivity index is 0.000000303. The second-order valence-electron chi connectivity index (χ2n) is 11.5. The number of carboxylic acids is 1. The topological polar surface area (TPSA) is 103 Å². The van der Waals surface area contributed by atoms with E-state index in [9.17, 15) is 14.9 Å². The molecule has 1 amide bonds. The summed E-state index contributed by atoms with van der Waals surface area (Å²) in [7, 11) is 3.27. The van der Waals surface area contributed by atoms with Crippen LogP contribution in [-0.2, 0) is 10.2 Å². The molecule has 1 saturated heterocycles. The van der Waals surface area contributed by atoms with Crippen molar-refractivity contribution in [1.29, 1.82) is 5.26 Å². The van der Waals surface area contributed by atoms with Crippen molar-refractivity contribution >= 4 is 41.3 Å². The van der Waals surface area contributed by atoms with Crippen LogP contribution in [0.3, 0.4) is 0 Å². The highest BCUT2D eigenvalue weighted by atomic mass is 35.5. The van der Waals surface area contributed by atoms with Crippen molar-refractivity contribution in [3.63, 3.8) is 0 Å². The number of benzene rings is 3. The van der Waals surface area contributed by atoms with Crippen molar-refractivity contribution in [3.05, 3.63) is 93.0 Å². The standard InChI is InChI=1S/C23H24Cl2F2N2.C9H9NO4/c1-22(2,3)11-20-23(13-28,16-9-8-14(24)10-19(16)26)17(12-29(20)4)15-6-5-7-18(25)21(15)27;1-14-8-4-6(10-5-11)2-3-7(8)9(12)13/h5-10,17,20H,11-12H2,1-4H3;2-5H,1H3,(H,10,11)(H,12,13)/t17?,20?,23-;/m1./s1. The van der Waals surface area contributed by atoms with Gasteiger partial charge in [-0.1, -0.05) is 62.2 Å². The van der Waals surface area contributed by atoms with E-state index in [2.05, 4.69) is 32.2 Å². The number of methoxy groups -OCH3 is 1. The molecule has 0 aliphatic carbocycles. The van der Waals surface area contributed by atoms with E-state index in [0.717, 1.165) is 0 Å². The van der Waals surface area contributed by atoms with Crippen LogP contribution in [0.25, 0.3) is 0 Å². The summed E-state index contributed by atoms with van der Waals surface area (Å²) in [5, 5.41) is 21.9. The molecule has 0 radical (unpaired) electrons. The summed E-state index contributed by atoms with van der Waals surface area (Å²) < 4.78 is 35.1. The molecule has 1 aliphatic rings. The van der Waals surface area contributed by atoms with E-state index in [-0.39, 0.29) is 38.4 Å². The number of ether oxygens (including phenoxy) is 1. The third kappa shape index (κ3) is 7.27. The van der Waals surface area contributed by atoms with E-state index in [1.54, 1.807) is 24.3 Å². The van der Waals surface area contributed by atoms with Crippen LogP contribution in [0.1, 0.15) is 54.6 Å². The molecule has 0 bridgehead atoms. The quantitative estimate of drug-likeness (QED) is 0.261. The summed E-state index contributed by atoms with van der Waals surface area (Å²) in [5.41, 5.74) is -0.289. The maximum Gasteiger partial charge on any atom is 0.339 e. The first-order valence-corrected chi connectivity index (χ1v) is 14.1. The number of anilines is 1. The Hall–Kier alpha value is -3.71. The molecule has 1 heterocycles. The molecule has 11 heteroatoms. The summed E-state index contributed by atoms with van der Waals surface area (Å²) >= 11 is 12.0. The Morgan fingerprint density at radius 3 is 2.47 bits per heavy atom. The van der Waals surface area contributed by atoms with Gasteiger partial charge in [-0.2, -0.15) is 5.26 Å². The number of hydrogen-bond donors (Lipinski definition) is 2. The summed E-state index contributed by atoms with van der Waals surface area (Å²) in [4.78, 5) is 22.8. The molecule has 228 valence electrons. The molecule has 0 aromatic heterocycles. The first-order valence-electron chi connectivity index (χ1n) is 13.3. The van der Waals surface area contributed by atoms with Crippen molar-refractivity contribution in [2.45, 2.75) is 44.6 Å². The third-order valence-corrected chi connectivity index (χ3v) is 7.99. The minimum atomic E-state index is -1.29. The van der Waals surface area contributed by atoms with Crippen LogP contribution >= 0.6 is 23.2 Å². The van der Waals surface area contributed by atoms with E-state index >= 15 is 8.78 Å². The van der Waals surface area contributed by atoms with Crippen LogP contribution in [0.5, 0.6) is 5.75 Å². The number of halogens is 4. The fourth-order valence-corrected chi connectivity index (χ4v) is 5.94. The monoisotopic (exact) mass is 631 g/mol. The van der Waals surface area contributed by atoms with E-state index < -0.39 is 28.9 Å². The second-order valence-corrected chi connectivity index (χ2v) is 12.3. The van der Waals surface area contributed by atoms with Gasteiger partial charge in [0.25, 0.3) is 0 Å². The Morgan fingerprint density at radius 2 is 1.91 bits per heavy atom. The minimum absolute atomic E-state index is 0.00663. The molecule has 3 aromatic carbocycles. The van der Waals surface area contributed by atoms with Crippen LogP contribution in [0.2, 0.25) is 10.0 Å². The molecule has 0 saturated carbocycles. The molecule has 1 fully saturated rings. The fraction of sp³-hybridized carbons (Fsp3) is 0.344. The summed E-state index contributed by atoms with van der Waals surface area (Å²) in [6.45, 7) is 6.64. The number of nitriles is 1. The van der Waals surface area contributed by atoms with Crippen LogP contribution in [-0.4, -0.2) is 49.1 Å². The third-order valence-electron chi connectivity index (χ3n) is 7.46. The molecule has 1 aliphatic heterocycles. The normalized spacial score (nSPS) is 20.0. The maximum absolute atomic E-state index is 15.2. The largest absolute Gasteiger partial charge is 0.496 e. The lowest BCUT2D eigenvalue weighted by molar-refractivity contribution is -0.105. The van der Waals surface area contributed by atoms with Gasteiger partial charge in [-0.05, 0) is 54.8 Å². The van der Waals surface area contributed by atoms with Crippen LogP contribution in [0.4, 0.5) is 14.5 Å². The van der Waals surface area contributed by atoms with E-state index in [0.29, 0.717) is 30.6 Å². The van der Waals surface area contributed by atoms with Crippen LogP contribution in [0, 0.1) is 28.4 Å². The fourth-order valence-electron chi connectivity index (χ4n) is 5.60. The molecule has 3 aromatic rings. The SMILES string of the molecule is CN1CC(c2cccc(Cl)c2F)[C@@](C#N)(c2ccc(Cl)cc2F)C1CC(C)(C)C.COc1cc(NC=O)ccc1C(=O)O. The van der Waals surface area contributed by atoms with Crippen LogP contribution in [0.15, 0.2) is 54.6 Å². The molecule has 2 N–H and O–H groups in total. The lowest BCUT2D eigenvalue weighted by Crippen LogP contribution is -2.45. The number of likely N-dealkylation sites (N-methyl/N-ethyl adjacent to an activating group) is 1. The van der Waals surface area contributed by atoms with Gasteiger partial charge >= 0.3 is 5.97 Å². The molecule has 0 spiro atoms. The highest BCUT2D eigenvalue weighted by molar-refractivity contribution is 6.31. The number of carboxylic acid groups (broad SMARTS) is 1. The van der Waals surface area contributed by atoms with Gasteiger partial charge in [-0.3, -0.25) is 4.79 Å². The number of amides is 1. The van der Waals surface area contributed by atoms with Crippen molar-refractivity contribution in [2.75, 3.05) is 26.0 Å². The number of carbonyl (C=O) groups is 2. The highest BCUT2D eigenvalue weighted by Gasteiger charge is 2.57. The average Bonchev–Trinajstić information content (AvgIpc) is 3.20. The zero-order valence-electron chi connectivity index (χ0n) is 24.4. The predicted molar refractivity (Wildman–Crippen MR) is 163 cm³/mol. The van der Waals surface area contributed by atoms with Crippen molar-refractivity contribution in [1.82, 2.24) is 4.90 Å². The number of carbonyl (C=O) groups excluding carboxylic acids is 1. The van der Waals surface area contributed by atoms with Gasteiger partial charge in [-0.15, -0.1) is 0 Å². The predicted octanol–water partition coefficient (Wildman–Crippen LogP) is 7.53.